The minimum absolute atomic E-state index is 0.920. The van der Waals surface area contributed by atoms with E-state index in [-0.39, 0.29) is 0 Å². The molecule has 2 rings (SSSR count). The third kappa shape index (κ3) is 6.93. The van der Waals surface area contributed by atoms with E-state index in [0.29, 0.717) is 0 Å². The van der Waals surface area contributed by atoms with Gasteiger partial charge in [0, 0.05) is 0 Å². The smallest absolute Gasteiger partial charge is 0.394 e. The van der Waals surface area contributed by atoms with E-state index in [0.717, 1.165) is 0 Å². The largest absolute Gasteiger partial charge is 0.397 e. The highest BCUT2D eigenvalue weighted by atomic mass is 32.3. The standard InChI is InChI=1S/C12H22O17S2/c13-1-3-5(14)6(15)10(29-31(22,23)24)12(27-3)28-9-4(2-25-30(19,20)21)26-11(18)8(17)7(9)16/h3-18H,1-2H2,(H,19,20,21)(H,22,23,24)/t3-,4-,5+,6+,7-,8-,9+,10-,11+,12+/m1/s1. The number of hydrogen-bond donors (Lipinski definition) is 8. The first-order valence-corrected chi connectivity index (χ1v) is 11.1. The summed E-state index contributed by atoms with van der Waals surface area (Å²) in [5.74, 6) is 0. The van der Waals surface area contributed by atoms with Crippen molar-refractivity contribution in [3.8, 4) is 0 Å². The molecule has 0 aromatic carbocycles. The van der Waals surface area contributed by atoms with Crippen molar-refractivity contribution in [2.45, 2.75) is 61.4 Å². The van der Waals surface area contributed by atoms with Crippen molar-refractivity contribution in [3.63, 3.8) is 0 Å². The van der Waals surface area contributed by atoms with Crippen LogP contribution in [-0.4, -0.2) is 131 Å². The Balaban J connectivity index is 2.32. The average molecular weight is 502 g/mol. The Morgan fingerprint density at radius 1 is 0.742 bits per heavy atom. The number of rotatable bonds is 8. The molecule has 0 amide bonds. The monoisotopic (exact) mass is 502 g/mol. The fraction of sp³-hybridized carbons (Fsp3) is 1.00. The predicted molar refractivity (Wildman–Crippen MR) is 89.4 cm³/mol. The Kier molecular flexibility index (Phi) is 8.68. The highest BCUT2D eigenvalue weighted by Crippen LogP contribution is 2.30. The topological polar surface area (TPSA) is 276 Å². The molecule has 0 aromatic heterocycles. The SMILES string of the molecule is O=S(=O)(O)OC[C@H]1O[C@H](O)[C@H](O)[C@@H](O)[C@H]1O[C@@H]1O[C@H](CO)[C@H](O)[C@H](O)[C@H]1OS(=O)(=O)O. The fourth-order valence-corrected chi connectivity index (χ4v) is 3.73. The summed E-state index contributed by atoms with van der Waals surface area (Å²) in [6.07, 6.45) is -19.7. The molecule has 0 radical (unpaired) electrons. The fourth-order valence-electron chi connectivity index (χ4n) is 2.94. The van der Waals surface area contributed by atoms with E-state index in [1.54, 1.807) is 0 Å². The maximum Gasteiger partial charge on any atom is 0.397 e. The third-order valence-electron chi connectivity index (χ3n) is 4.39. The lowest BCUT2D eigenvalue weighted by Crippen LogP contribution is -2.65. The summed E-state index contributed by atoms with van der Waals surface area (Å²) >= 11 is 0. The number of hydrogen-bond acceptors (Lipinski definition) is 15. The van der Waals surface area contributed by atoms with Crippen molar-refractivity contribution in [2.75, 3.05) is 13.2 Å². The van der Waals surface area contributed by atoms with Crippen LogP contribution in [0.15, 0.2) is 0 Å². The van der Waals surface area contributed by atoms with Gasteiger partial charge in [0.2, 0.25) is 0 Å². The molecular weight excluding hydrogens is 480 g/mol. The van der Waals surface area contributed by atoms with Crippen LogP contribution in [0, 0.1) is 0 Å². The Hall–Kier alpha value is -0.620. The van der Waals surface area contributed by atoms with E-state index in [9.17, 15) is 47.5 Å². The van der Waals surface area contributed by atoms with Gasteiger partial charge in [0.15, 0.2) is 18.7 Å². The molecule has 10 atom stereocenters. The van der Waals surface area contributed by atoms with Gasteiger partial charge in [-0.3, -0.25) is 9.11 Å². The molecule has 2 aliphatic heterocycles. The van der Waals surface area contributed by atoms with Gasteiger partial charge in [-0.05, 0) is 0 Å². The van der Waals surface area contributed by atoms with Crippen LogP contribution in [-0.2, 0) is 43.4 Å². The quantitative estimate of drug-likeness (QED) is 0.143. The second kappa shape index (κ2) is 10.1. The predicted octanol–water partition coefficient (Wildman–Crippen LogP) is -5.74. The summed E-state index contributed by atoms with van der Waals surface area (Å²) in [6.45, 7) is -2.01. The molecule has 0 aromatic rings. The highest BCUT2D eigenvalue weighted by molar-refractivity contribution is 7.81. The van der Waals surface area contributed by atoms with Gasteiger partial charge in [0.25, 0.3) is 0 Å². The van der Waals surface area contributed by atoms with Gasteiger partial charge in [0.1, 0.15) is 42.7 Å². The molecule has 8 N–H and O–H groups in total. The van der Waals surface area contributed by atoms with Crippen LogP contribution >= 0.6 is 0 Å². The molecule has 17 nitrogen and oxygen atoms in total. The average Bonchev–Trinajstić information content (AvgIpc) is 2.64. The zero-order valence-corrected chi connectivity index (χ0v) is 16.9. The van der Waals surface area contributed by atoms with E-state index in [4.69, 9.17) is 23.3 Å². The normalized spacial score (nSPS) is 42.5. The molecule has 0 saturated carbocycles. The minimum Gasteiger partial charge on any atom is -0.394 e. The molecule has 31 heavy (non-hydrogen) atoms. The first-order valence-electron chi connectivity index (χ1n) is 8.39. The molecule has 2 heterocycles. The van der Waals surface area contributed by atoms with Gasteiger partial charge in [-0.15, -0.1) is 0 Å². The van der Waals surface area contributed by atoms with Crippen LogP contribution in [0.25, 0.3) is 0 Å². The second-order valence-corrected chi connectivity index (χ2v) is 8.69. The van der Waals surface area contributed by atoms with Crippen LogP contribution in [0.3, 0.4) is 0 Å². The maximum absolute atomic E-state index is 11.1. The lowest BCUT2D eigenvalue weighted by atomic mass is 9.97. The molecule has 2 fully saturated rings. The molecule has 0 unspecified atom stereocenters. The Labute approximate surface area is 175 Å². The van der Waals surface area contributed by atoms with Gasteiger partial charge >= 0.3 is 20.8 Å². The van der Waals surface area contributed by atoms with Crippen molar-refractivity contribution in [3.05, 3.63) is 0 Å². The van der Waals surface area contributed by atoms with E-state index >= 15 is 0 Å². The molecule has 0 bridgehead atoms. The summed E-state index contributed by atoms with van der Waals surface area (Å²) in [4.78, 5) is 0. The van der Waals surface area contributed by atoms with Crippen LogP contribution in [0.4, 0.5) is 0 Å². The first-order chi connectivity index (χ1) is 14.1. The molecule has 184 valence electrons. The Morgan fingerprint density at radius 2 is 1.32 bits per heavy atom. The molecular formula is C12H22O17S2. The summed E-state index contributed by atoms with van der Waals surface area (Å²) in [5.41, 5.74) is 0. The summed E-state index contributed by atoms with van der Waals surface area (Å²) < 4.78 is 84.9. The van der Waals surface area contributed by atoms with Crippen LogP contribution < -0.4 is 0 Å². The number of ether oxygens (including phenoxy) is 3. The van der Waals surface area contributed by atoms with Gasteiger partial charge in [-0.25, -0.2) is 8.37 Å². The molecule has 2 aliphatic rings. The Bertz CT molecular complexity index is 800. The van der Waals surface area contributed by atoms with E-state index in [1.165, 1.54) is 0 Å². The van der Waals surface area contributed by atoms with Crippen LogP contribution in [0.2, 0.25) is 0 Å². The zero-order chi connectivity index (χ0) is 23.7. The molecule has 0 spiro atoms. The minimum atomic E-state index is -5.27. The van der Waals surface area contributed by atoms with Gasteiger partial charge in [-0.2, -0.15) is 16.8 Å². The van der Waals surface area contributed by atoms with Crippen molar-refractivity contribution in [2.24, 2.45) is 0 Å². The summed E-state index contributed by atoms with van der Waals surface area (Å²) in [6, 6.07) is 0. The first kappa shape index (κ1) is 26.6. The van der Waals surface area contributed by atoms with Crippen molar-refractivity contribution < 1.29 is 79.2 Å². The van der Waals surface area contributed by atoms with Crippen LogP contribution in [0.5, 0.6) is 0 Å². The molecule has 0 aliphatic carbocycles. The lowest BCUT2D eigenvalue weighted by Gasteiger charge is -2.45. The second-order valence-electron chi connectivity index (χ2n) is 6.55. The van der Waals surface area contributed by atoms with Gasteiger partial charge < -0.3 is 44.8 Å². The van der Waals surface area contributed by atoms with Gasteiger partial charge in [-0.1, -0.05) is 0 Å². The van der Waals surface area contributed by atoms with Gasteiger partial charge in [0.05, 0.1) is 13.2 Å². The zero-order valence-electron chi connectivity index (χ0n) is 15.3. The summed E-state index contributed by atoms with van der Waals surface area (Å²) in [5, 5.41) is 58.8. The van der Waals surface area contributed by atoms with Crippen LogP contribution in [0.1, 0.15) is 0 Å². The van der Waals surface area contributed by atoms with E-state index in [1.807, 2.05) is 0 Å². The summed E-state index contributed by atoms with van der Waals surface area (Å²) in [7, 11) is -10.3. The lowest BCUT2D eigenvalue weighted by molar-refractivity contribution is -0.352. The van der Waals surface area contributed by atoms with Crippen molar-refractivity contribution >= 4 is 20.8 Å². The van der Waals surface area contributed by atoms with E-state index < -0.39 is 95.4 Å². The Morgan fingerprint density at radius 3 is 1.84 bits per heavy atom. The number of aliphatic hydroxyl groups is 6. The third-order valence-corrected chi connectivity index (χ3v) is 5.29. The van der Waals surface area contributed by atoms with Crippen molar-refractivity contribution in [1.29, 1.82) is 0 Å². The number of aliphatic hydroxyl groups excluding tert-OH is 6. The molecule has 2 saturated heterocycles. The maximum atomic E-state index is 11.1. The molecule has 19 heteroatoms. The van der Waals surface area contributed by atoms with E-state index in [2.05, 4.69) is 8.37 Å². The van der Waals surface area contributed by atoms with Crippen molar-refractivity contribution in [1.82, 2.24) is 0 Å². The highest BCUT2D eigenvalue weighted by Gasteiger charge is 2.52.